The highest BCUT2D eigenvalue weighted by Gasteiger charge is 2.68. The van der Waals surface area contributed by atoms with Gasteiger partial charge < -0.3 is 64.2 Å². The van der Waals surface area contributed by atoms with E-state index in [1.165, 1.54) is 24.8 Å². The predicted molar refractivity (Wildman–Crippen MR) is 183 cm³/mol. The van der Waals surface area contributed by atoms with Crippen LogP contribution >= 0.6 is 0 Å². The van der Waals surface area contributed by atoms with Gasteiger partial charge in [-0.05, 0) is 91.8 Å². The summed E-state index contributed by atoms with van der Waals surface area (Å²) in [4.78, 5) is 0. The summed E-state index contributed by atoms with van der Waals surface area (Å²) in [5.41, 5.74) is 1.70. The van der Waals surface area contributed by atoms with Crippen molar-refractivity contribution in [1.82, 2.24) is 0 Å². The second-order valence-electron chi connectivity index (χ2n) is 18.3. The van der Waals surface area contributed by atoms with Gasteiger partial charge in [0.25, 0.3) is 0 Å². The third kappa shape index (κ3) is 5.90. The van der Waals surface area contributed by atoms with Crippen LogP contribution < -0.4 is 0 Å². The first-order valence-electron chi connectivity index (χ1n) is 20.0. The lowest BCUT2D eigenvalue weighted by atomic mass is 9.47. The summed E-state index contributed by atoms with van der Waals surface area (Å²) in [5.74, 6) is 2.92. The van der Waals surface area contributed by atoms with Crippen LogP contribution in [-0.4, -0.2) is 135 Å². The molecule has 8 aliphatic rings. The third-order valence-corrected chi connectivity index (χ3v) is 15.6. The van der Waals surface area contributed by atoms with Gasteiger partial charge in [0.2, 0.25) is 0 Å². The molecule has 4 heterocycles. The molecule has 0 radical (unpaired) electrons. The Bertz CT molecular complexity index is 1320. The fourth-order valence-corrected chi connectivity index (χ4v) is 12.6. The first-order chi connectivity index (χ1) is 24.7. The maximum absolute atomic E-state index is 11.1. The van der Waals surface area contributed by atoms with Crippen molar-refractivity contribution in [2.24, 2.45) is 46.3 Å². The molecule has 13 nitrogen and oxygen atoms in total. The minimum Gasteiger partial charge on any atom is -0.394 e. The summed E-state index contributed by atoms with van der Waals surface area (Å²) >= 11 is 0. The fourth-order valence-electron chi connectivity index (χ4n) is 12.6. The molecule has 0 amide bonds. The molecule has 7 N–H and O–H groups in total. The number of hydrogen-bond donors (Lipinski definition) is 7. The number of hydrogen-bond acceptors (Lipinski definition) is 13. The number of aliphatic hydroxyl groups excluding tert-OH is 7. The molecule has 13 heteroatoms. The Morgan fingerprint density at radius 2 is 1.50 bits per heavy atom. The molecule has 0 aromatic carbocycles. The molecule has 4 saturated heterocycles. The van der Waals surface area contributed by atoms with Crippen molar-refractivity contribution in [2.45, 2.75) is 165 Å². The largest absolute Gasteiger partial charge is 0.394 e. The van der Waals surface area contributed by atoms with Crippen molar-refractivity contribution >= 4 is 0 Å². The maximum Gasteiger partial charge on any atom is 0.187 e. The lowest BCUT2D eigenvalue weighted by Gasteiger charge is -2.58. The van der Waals surface area contributed by atoms with Gasteiger partial charge in [0.05, 0.1) is 32.0 Å². The van der Waals surface area contributed by atoms with Crippen LogP contribution in [0.5, 0.6) is 0 Å². The van der Waals surface area contributed by atoms with Crippen LogP contribution in [0.15, 0.2) is 11.6 Å². The van der Waals surface area contributed by atoms with E-state index >= 15 is 0 Å². The highest BCUT2D eigenvalue weighted by molar-refractivity contribution is 5.26. The van der Waals surface area contributed by atoms with E-state index in [1.54, 1.807) is 0 Å². The van der Waals surface area contributed by atoms with E-state index in [9.17, 15) is 35.7 Å². The van der Waals surface area contributed by atoms with Gasteiger partial charge in [-0.25, -0.2) is 0 Å². The van der Waals surface area contributed by atoms with Crippen LogP contribution in [-0.2, 0) is 28.4 Å². The second-order valence-corrected chi connectivity index (χ2v) is 18.3. The Morgan fingerprint density at radius 1 is 0.788 bits per heavy atom. The zero-order valence-corrected chi connectivity index (χ0v) is 31.0. The minimum atomic E-state index is -1.72. The normalized spacial score (nSPS) is 57.5. The topological polar surface area (TPSA) is 197 Å². The van der Waals surface area contributed by atoms with Crippen molar-refractivity contribution in [3.05, 3.63) is 11.6 Å². The van der Waals surface area contributed by atoms with Crippen LogP contribution in [0.4, 0.5) is 0 Å². The summed E-state index contributed by atoms with van der Waals surface area (Å²) in [6.45, 7) is 9.20. The number of aliphatic hydroxyl groups is 7. The predicted octanol–water partition coefficient (Wildman–Crippen LogP) is 1.36. The Kier molecular flexibility index (Phi) is 10.3. The van der Waals surface area contributed by atoms with Gasteiger partial charge in [-0.15, -0.1) is 0 Å². The third-order valence-electron chi connectivity index (χ3n) is 15.6. The smallest absolute Gasteiger partial charge is 0.187 e. The number of rotatable bonds is 6. The lowest BCUT2D eigenvalue weighted by molar-refractivity contribution is -0.363. The highest BCUT2D eigenvalue weighted by atomic mass is 16.7. The number of fused-ring (bicyclic) bond motifs is 7. The quantitative estimate of drug-likeness (QED) is 0.193. The van der Waals surface area contributed by atoms with Gasteiger partial charge in [0.15, 0.2) is 18.4 Å². The van der Waals surface area contributed by atoms with E-state index in [0.29, 0.717) is 41.9 Å². The van der Waals surface area contributed by atoms with Crippen molar-refractivity contribution in [3.63, 3.8) is 0 Å². The molecule has 0 aromatic heterocycles. The SMILES string of the molecule is C[C@@H]1CC[C@]2(OC1)O[C@@H]1C[C@@H]3[C@H]4CC=C5C[C@@H](O[C@@H]6O[C@H](CO)[C@@H](O[C@@H]7O[C@H](CO)[C@@H](O)[C@H](O)[C@H]7O)[C@H](O)[C@H]6O)CC[C@]5(C)[C@@H]4CC[C@@]3(C)[C@@H]1[C@H]2C. The summed E-state index contributed by atoms with van der Waals surface area (Å²) in [7, 11) is 0. The molecule has 0 unspecified atom stereocenters. The summed E-state index contributed by atoms with van der Waals surface area (Å²) < 4.78 is 36.9. The molecule has 0 aromatic rings. The average Bonchev–Trinajstić information content (AvgIpc) is 3.58. The molecule has 0 bridgehead atoms. The van der Waals surface area contributed by atoms with Gasteiger partial charge in [-0.2, -0.15) is 0 Å². The number of ether oxygens (including phenoxy) is 6. The molecule has 1 spiro atoms. The second kappa shape index (κ2) is 14.0. The monoisotopic (exact) mass is 738 g/mol. The van der Waals surface area contributed by atoms with Gasteiger partial charge in [0.1, 0.15) is 48.8 Å². The fraction of sp³-hybridized carbons (Fsp3) is 0.949. The molecule has 7 fully saturated rings. The van der Waals surface area contributed by atoms with Crippen molar-refractivity contribution in [1.29, 1.82) is 0 Å². The highest BCUT2D eigenvalue weighted by Crippen LogP contribution is 2.70. The Hall–Kier alpha value is -0.780. The van der Waals surface area contributed by atoms with E-state index in [-0.39, 0.29) is 23.0 Å². The first-order valence-corrected chi connectivity index (χ1v) is 20.0. The van der Waals surface area contributed by atoms with Crippen LogP contribution in [0.3, 0.4) is 0 Å². The van der Waals surface area contributed by atoms with E-state index in [2.05, 4.69) is 33.8 Å². The van der Waals surface area contributed by atoms with Gasteiger partial charge in [0, 0.05) is 12.3 Å². The van der Waals surface area contributed by atoms with Crippen molar-refractivity contribution < 1.29 is 64.2 Å². The zero-order chi connectivity index (χ0) is 36.9. The zero-order valence-electron chi connectivity index (χ0n) is 31.0. The minimum absolute atomic E-state index is 0.0572. The van der Waals surface area contributed by atoms with Gasteiger partial charge in [-0.1, -0.05) is 39.3 Å². The molecule has 3 saturated carbocycles. The van der Waals surface area contributed by atoms with E-state index < -0.39 is 80.4 Å². The van der Waals surface area contributed by atoms with Crippen LogP contribution in [0, 0.1) is 46.3 Å². The van der Waals surface area contributed by atoms with Crippen LogP contribution in [0.2, 0.25) is 0 Å². The molecule has 296 valence electrons. The standard InChI is InChI=1S/C39H62O13/c1-18-7-12-39(47-17-18)19(2)28-25(52-39)14-24-22-6-5-20-13-21(8-10-37(20,3)23(22)9-11-38(24,28)4)48-35-33(46)31(44)34(27(16-41)50-35)51-36-32(45)30(43)29(42)26(15-40)49-36/h5,18-19,21-36,40-46H,6-17H2,1-4H3/t18-,19-,21+,22+,23-,24-,25-,26-,27-,28-,29-,30+,31-,32-,33-,34-,35-,36+,37+,38-,39+/m1/s1. The van der Waals surface area contributed by atoms with E-state index in [1.807, 2.05) is 0 Å². The van der Waals surface area contributed by atoms with Crippen LogP contribution in [0.25, 0.3) is 0 Å². The summed E-state index contributed by atoms with van der Waals surface area (Å²) in [6.07, 6.45) is -3.06. The average molecular weight is 739 g/mol. The molecule has 4 aliphatic heterocycles. The Balaban J connectivity index is 0.913. The molecule has 8 rings (SSSR count). The molecular formula is C39H62O13. The van der Waals surface area contributed by atoms with Gasteiger partial charge in [-0.3, -0.25) is 0 Å². The van der Waals surface area contributed by atoms with Crippen molar-refractivity contribution in [3.8, 4) is 0 Å². The van der Waals surface area contributed by atoms with E-state index in [4.69, 9.17) is 28.4 Å². The molecule has 21 atom stereocenters. The Labute approximate surface area is 306 Å². The summed E-state index contributed by atoms with van der Waals surface area (Å²) in [6, 6.07) is 0. The van der Waals surface area contributed by atoms with Crippen molar-refractivity contribution in [2.75, 3.05) is 19.8 Å². The van der Waals surface area contributed by atoms with Gasteiger partial charge >= 0.3 is 0 Å². The lowest BCUT2D eigenvalue weighted by Crippen LogP contribution is -2.65. The van der Waals surface area contributed by atoms with E-state index in [0.717, 1.165) is 38.7 Å². The van der Waals surface area contributed by atoms with Crippen LogP contribution in [0.1, 0.15) is 85.5 Å². The molecule has 4 aliphatic carbocycles. The summed E-state index contributed by atoms with van der Waals surface area (Å²) in [5, 5.41) is 72.7. The Morgan fingerprint density at radius 3 is 2.21 bits per heavy atom. The molecule has 52 heavy (non-hydrogen) atoms. The number of allylic oxidation sites excluding steroid dienone is 1. The maximum atomic E-state index is 11.1. The molecular weight excluding hydrogens is 676 g/mol. The first kappa shape index (κ1) is 38.1.